The summed E-state index contributed by atoms with van der Waals surface area (Å²) in [4.78, 5) is 0. The molecule has 0 amide bonds. The average Bonchev–Trinajstić information content (AvgIpc) is 2.43. The molecule has 0 saturated carbocycles. The SMILES string of the molecule is CC(Oc1cccc(Cl)c1)C(O)Cc1cc(Cl)ccc1Cl. The molecule has 5 heteroatoms. The monoisotopic (exact) mass is 344 g/mol. The lowest BCUT2D eigenvalue weighted by Crippen LogP contribution is -2.30. The molecule has 1 N–H and O–H groups in total. The van der Waals surface area contributed by atoms with E-state index in [0.29, 0.717) is 27.2 Å². The third kappa shape index (κ3) is 4.79. The second-order valence-electron chi connectivity index (χ2n) is 4.79. The van der Waals surface area contributed by atoms with Gasteiger partial charge in [0.25, 0.3) is 0 Å². The number of rotatable bonds is 5. The molecule has 0 spiro atoms. The average molecular weight is 346 g/mol. The van der Waals surface area contributed by atoms with Crippen LogP contribution >= 0.6 is 34.8 Å². The molecule has 2 rings (SSSR count). The molecule has 0 radical (unpaired) electrons. The fraction of sp³-hybridized carbons (Fsp3) is 0.250. The Kier molecular flexibility index (Phi) is 5.77. The molecule has 0 bridgehead atoms. The first-order valence-corrected chi connectivity index (χ1v) is 7.63. The van der Waals surface area contributed by atoms with Crippen molar-refractivity contribution in [2.45, 2.75) is 25.6 Å². The van der Waals surface area contributed by atoms with Crippen molar-refractivity contribution in [2.75, 3.05) is 0 Å². The Morgan fingerprint density at radius 2 is 1.76 bits per heavy atom. The maximum absolute atomic E-state index is 10.3. The van der Waals surface area contributed by atoms with E-state index < -0.39 is 12.2 Å². The lowest BCUT2D eigenvalue weighted by atomic mass is 10.0. The van der Waals surface area contributed by atoms with Gasteiger partial charge in [-0.05, 0) is 48.9 Å². The van der Waals surface area contributed by atoms with Gasteiger partial charge in [0.05, 0.1) is 6.10 Å². The van der Waals surface area contributed by atoms with Crippen molar-refractivity contribution < 1.29 is 9.84 Å². The molecule has 0 heterocycles. The number of hydrogen-bond donors (Lipinski definition) is 1. The van der Waals surface area contributed by atoms with E-state index in [2.05, 4.69) is 0 Å². The zero-order chi connectivity index (χ0) is 15.4. The molecule has 0 fully saturated rings. The quantitative estimate of drug-likeness (QED) is 0.824. The standard InChI is InChI=1S/C16H15Cl3O2/c1-10(21-14-4-2-3-12(17)9-14)16(20)8-11-7-13(18)5-6-15(11)19/h2-7,9-10,16,20H,8H2,1H3. The second-order valence-corrected chi connectivity index (χ2v) is 6.07. The molecule has 2 aromatic carbocycles. The highest BCUT2D eigenvalue weighted by Crippen LogP contribution is 2.24. The number of aliphatic hydroxyl groups is 1. The van der Waals surface area contributed by atoms with Gasteiger partial charge in [0.2, 0.25) is 0 Å². The summed E-state index contributed by atoms with van der Waals surface area (Å²) >= 11 is 17.9. The first kappa shape index (κ1) is 16.4. The number of halogens is 3. The summed E-state index contributed by atoms with van der Waals surface area (Å²) in [6, 6.07) is 12.2. The van der Waals surface area contributed by atoms with Crippen LogP contribution in [0.15, 0.2) is 42.5 Å². The van der Waals surface area contributed by atoms with Crippen LogP contribution in [0.5, 0.6) is 5.75 Å². The molecule has 2 nitrogen and oxygen atoms in total. The van der Waals surface area contributed by atoms with Crippen LogP contribution in [0, 0.1) is 0 Å². The van der Waals surface area contributed by atoms with Crippen molar-refractivity contribution in [1.29, 1.82) is 0 Å². The highest BCUT2D eigenvalue weighted by atomic mass is 35.5. The van der Waals surface area contributed by atoms with Crippen LogP contribution in [0.4, 0.5) is 0 Å². The van der Waals surface area contributed by atoms with E-state index in [0.717, 1.165) is 5.56 Å². The zero-order valence-electron chi connectivity index (χ0n) is 11.4. The Hall–Kier alpha value is -0.930. The third-order valence-corrected chi connectivity index (χ3v) is 3.94. The maximum Gasteiger partial charge on any atom is 0.122 e. The first-order chi connectivity index (χ1) is 9.95. The van der Waals surface area contributed by atoms with Crippen LogP contribution in [0.3, 0.4) is 0 Å². The predicted molar refractivity (Wildman–Crippen MR) is 87.7 cm³/mol. The Balaban J connectivity index is 2.02. The predicted octanol–water partition coefficient (Wildman–Crippen LogP) is 5.02. The summed E-state index contributed by atoms with van der Waals surface area (Å²) in [5.74, 6) is 0.617. The van der Waals surface area contributed by atoms with Crippen LogP contribution in [0.1, 0.15) is 12.5 Å². The van der Waals surface area contributed by atoms with Crippen LogP contribution in [-0.2, 0) is 6.42 Å². The van der Waals surface area contributed by atoms with E-state index >= 15 is 0 Å². The van der Waals surface area contributed by atoms with Crippen molar-refractivity contribution in [1.82, 2.24) is 0 Å². The van der Waals surface area contributed by atoms with Crippen molar-refractivity contribution in [3.05, 3.63) is 63.1 Å². The molecule has 0 aromatic heterocycles. The van der Waals surface area contributed by atoms with E-state index in [1.807, 2.05) is 0 Å². The molecular formula is C16H15Cl3O2. The van der Waals surface area contributed by atoms with E-state index in [9.17, 15) is 5.11 Å². The molecule has 0 aliphatic carbocycles. The molecule has 21 heavy (non-hydrogen) atoms. The fourth-order valence-electron chi connectivity index (χ4n) is 1.92. The minimum Gasteiger partial charge on any atom is -0.488 e. The molecule has 0 aliphatic heterocycles. The summed E-state index contributed by atoms with van der Waals surface area (Å²) < 4.78 is 5.69. The summed E-state index contributed by atoms with van der Waals surface area (Å²) in [6.45, 7) is 1.80. The van der Waals surface area contributed by atoms with E-state index in [-0.39, 0.29) is 0 Å². The van der Waals surface area contributed by atoms with Gasteiger partial charge in [-0.15, -0.1) is 0 Å². The van der Waals surface area contributed by atoms with Gasteiger partial charge < -0.3 is 9.84 Å². The Morgan fingerprint density at radius 3 is 2.48 bits per heavy atom. The molecule has 112 valence electrons. The van der Waals surface area contributed by atoms with Gasteiger partial charge in [-0.25, -0.2) is 0 Å². The minimum atomic E-state index is -0.708. The van der Waals surface area contributed by atoms with Gasteiger partial charge in [-0.2, -0.15) is 0 Å². The third-order valence-electron chi connectivity index (χ3n) is 3.10. The summed E-state index contributed by atoms with van der Waals surface area (Å²) in [7, 11) is 0. The lowest BCUT2D eigenvalue weighted by Gasteiger charge is -2.21. The number of aliphatic hydroxyl groups excluding tert-OH is 1. The molecule has 2 unspecified atom stereocenters. The Bertz CT molecular complexity index is 616. The van der Waals surface area contributed by atoms with E-state index in [1.165, 1.54) is 0 Å². The first-order valence-electron chi connectivity index (χ1n) is 6.50. The normalized spacial score (nSPS) is 13.8. The largest absolute Gasteiger partial charge is 0.488 e. The molecule has 2 aromatic rings. The van der Waals surface area contributed by atoms with Crippen molar-refractivity contribution >= 4 is 34.8 Å². The fourth-order valence-corrected chi connectivity index (χ4v) is 2.49. The molecule has 0 saturated heterocycles. The molecule has 2 atom stereocenters. The van der Waals surface area contributed by atoms with Crippen molar-refractivity contribution in [3.63, 3.8) is 0 Å². The van der Waals surface area contributed by atoms with E-state index in [4.69, 9.17) is 39.5 Å². The molecular weight excluding hydrogens is 331 g/mol. The zero-order valence-corrected chi connectivity index (χ0v) is 13.7. The van der Waals surface area contributed by atoms with Crippen LogP contribution in [0.25, 0.3) is 0 Å². The number of ether oxygens (including phenoxy) is 1. The number of hydrogen-bond acceptors (Lipinski definition) is 2. The van der Waals surface area contributed by atoms with Crippen molar-refractivity contribution in [3.8, 4) is 5.75 Å². The van der Waals surface area contributed by atoms with Crippen LogP contribution in [0.2, 0.25) is 15.1 Å². The maximum atomic E-state index is 10.3. The van der Waals surface area contributed by atoms with Gasteiger partial charge in [-0.1, -0.05) is 40.9 Å². The van der Waals surface area contributed by atoms with Gasteiger partial charge in [0, 0.05) is 21.5 Å². The minimum absolute atomic E-state index is 0.362. The van der Waals surface area contributed by atoms with Gasteiger partial charge in [0.15, 0.2) is 0 Å². The summed E-state index contributed by atoms with van der Waals surface area (Å²) in [5.41, 5.74) is 0.790. The topological polar surface area (TPSA) is 29.5 Å². The Morgan fingerprint density at radius 1 is 1.05 bits per heavy atom. The Labute approximate surface area is 139 Å². The summed E-state index contributed by atoms with van der Waals surface area (Å²) in [6.07, 6.45) is -0.750. The van der Waals surface area contributed by atoms with Crippen LogP contribution in [-0.4, -0.2) is 17.3 Å². The van der Waals surface area contributed by atoms with Gasteiger partial charge in [-0.3, -0.25) is 0 Å². The summed E-state index contributed by atoms with van der Waals surface area (Å²) in [5, 5.41) is 12.0. The van der Waals surface area contributed by atoms with Crippen molar-refractivity contribution in [2.24, 2.45) is 0 Å². The highest BCUT2D eigenvalue weighted by molar-refractivity contribution is 6.33. The van der Waals surface area contributed by atoms with Gasteiger partial charge >= 0.3 is 0 Å². The second kappa shape index (κ2) is 7.37. The van der Waals surface area contributed by atoms with Gasteiger partial charge in [0.1, 0.15) is 11.9 Å². The highest BCUT2D eigenvalue weighted by Gasteiger charge is 2.18. The lowest BCUT2D eigenvalue weighted by molar-refractivity contribution is 0.0479. The van der Waals surface area contributed by atoms with E-state index in [1.54, 1.807) is 49.4 Å². The van der Waals surface area contributed by atoms with Crippen LogP contribution < -0.4 is 4.74 Å². The number of benzene rings is 2. The molecule has 0 aliphatic rings. The smallest absolute Gasteiger partial charge is 0.122 e.